The summed E-state index contributed by atoms with van der Waals surface area (Å²) < 4.78 is 19.2. The minimum atomic E-state index is -0.267. The lowest BCUT2D eigenvalue weighted by atomic mass is 10.0. The summed E-state index contributed by atoms with van der Waals surface area (Å²) in [5, 5.41) is 0. The molecular weight excluding hydrogens is 493 g/mol. The van der Waals surface area contributed by atoms with Crippen LogP contribution in [0.15, 0.2) is 85.2 Å². The zero-order valence-corrected chi connectivity index (χ0v) is 21.8. The lowest BCUT2D eigenvalue weighted by molar-refractivity contribution is 0.0589. The molecule has 0 unspecified atom stereocenters. The molecule has 1 aliphatic heterocycles. The van der Waals surface area contributed by atoms with Crippen molar-refractivity contribution in [3.8, 4) is 5.75 Å². The van der Waals surface area contributed by atoms with Gasteiger partial charge in [-0.15, -0.1) is 0 Å². The highest BCUT2D eigenvalue weighted by Gasteiger charge is 2.25. The highest BCUT2D eigenvalue weighted by atomic mass is 19.1. The summed E-state index contributed by atoms with van der Waals surface area (Å²) >= 11 is 0. The molecule has 0 saturated carbocycles. The van der Waals surface area contributed by atoms with Crippen molar-refractivity contribution in [1.29, 1.82) is 0 Å². The van der Waals surface area contributed by atoms with E-state index >= 15 is 0 Å². The van der Waals surface area contributed by atoms with Gasteiger partial charge in [-0.2, -0.15) is 0 Å². The van der Waals surface area contributed by atoms with Crippen molar-refractivity contribution < 1.29 is 18.7 Å². The molecule has 1 saturated heterocycles. The highest BCUT2D eigenvalue weighted by Crippen LogP contribution is 2.21. The summed E-state index contributed by atoms with van der Waals surface area (Å²) in [7, 11) is 0. The number of aromatic nitrogens is 2. The number of amides is 1. The molecule has 4 aromatic rings. The third-order valence-corrected chi connectivity index (χ3v) is 6.91. The second kappa shape index (κ2) is 12.0. The molecule has 0 atom stereocenters. The van der Waals surface area contributed by atoms with E-state index in [1.165, 1.54) is 23.9 Å². The van der Waals surface area contributed by atoms with Crippen LogP contribution in [-0.2, 0) is 12.8 Å². The van der Waals surface area contributed by atoms with Crippen LogP contribution in [0, 0.1) is 12.7 Å². The van der Waals surface area contributed by atoms with Crippen LogP contribution in [0.4, 0.5) is 4.39 Å². The van der Waals surface area contributed by atoms with Gasteiger partial charge in [-0.05, 0) is 60.5 Å². The fraction of sp³-hybridized carbons (Fsp3) is 0.250. The molecule has 2 aromatic heterocycles. The van der Waals surface area contributed by atoms with E-state index in [1.807, 2.05) is 43.3 Å². The van der Waals surface area contributed by atoms with Gasteiger partial charge < -0.3 is 9.64 Å². The van der Waals surface area contributed by atoms with Crippen molar-refractivity contribution in [1.82, 2.24) is 14.9 Å². The minimum absolute atomic E-state index is 0.0798. The summed E-state index contributed by atoms with van der Waals surface area (Å²) in [6.45, 7) is 3.24. The molecule has 0 aliphatic carbocycles. The van der Waals surface area contributed by atoms with Crippen molar-refractivity contribution in [3.05, 3.63) is 125 Å². The van der Waals surface area contributed by atoms with Crippen molar-refractivity contribution in [3.63, 3.8) is 0 Å². The van der Waals surface area contributed by atoms with Gasteiger partial charge in [-0.25, -0.2) is 4.39 Å². The molecule has 6 nitrogen and oxygen atoms in total. The van der Waals surface area contributed by atoms with Crippen LogP contribution in [0.5, 0.6) is 5.75 Å². The molecule has 3 heterocycles. The highest BCUT2D eigenvalue weighted by molar-refractivity contribution is 5.98. The van der Waals surface area contributed by atoms with Gasteiger partial charge in [0, 0.05) is 62.4 Å². The average Bonchev–Trinajstić information content (AvgIpc) is 2.96. The van der Waals surface area contributed by atoms with Crippen LogP contribution in [0.1, 0.15) is 56.1 Å². The van der Waals surface area contributed by atoms with Gasteiger partial charge >= 0.3 is 0 Å². The average molecular weight is 524 g/mol. The molecule has 0 bridgehead atoms. The Bertz CT molecular complexity index is 1410. The number of ketones is 1. The Balaban J connectivity index is 1.11. The van der Waals surface area contributed by atoms with E-state index in [9.17, 15) is 14.0 Å². The monoisotopic (exact) mass is 523 g/mol. The number of rotatable bonds is 8. The normalized spacial score (nSPS) is 13.7. The van der Waals surface area contributed by atoms with Gasteiger partial charge in [-0.1, -0.05) is 35.9 Å². The van der Waals surface area contributed by atoms with Crippen LogP contribution in [0.2, 0.25) is 0 Å². The molecule has 1 amide bonds. The number of ether oxygens (including phenoxy) is 1. The zero-order valence-electron chi connectivity index (χ0n) is 21.8. The van der Waals surface area contributed by atoms with E-state index in [0.717, 1.165) is 35.4 Å². The molecule has 0 spiro atoms. The van der Waals surface area contributed by atoms with E-state index < -0.39 is 0 Å². The van der Waals surface area contributed by atoms with Crippen LogP contribution < -0.4 is 4.74 Å². The maximum Gasteiger partial charge on any atom is 0.272 e. The van der Waals surface area contributed by atoms with Crippen molar-refractivity contribution in [2.45, 2.75) is 38.7 Å². The maximum atomic E-state index is 13.1. The lowest BCUT2D eigenvalue weighted by Gasteiger charge is -2.32. The number of halogens is 1. The molecule has 2 aromatic carbocycles. The summed E-state index contributed by atoms with van der Waals surface area (Å²) in [5.74, 6) is 0.355. The molecule has 198 valence electrons. The Morgan fingerprint density at radius 1 is 0.872 bits per heavy atom. The van der Waals surface area contributed by atoms with Crippen molar-refractivity contribution in [2.75, 3.05) is 13.1 Å². The first kappa shape index (κ1) is 26.2. The maximum absolute atomic E-state index is 13.1. The number of carbonyl (C=O) groups is 2. The van der Waals surface area contributed by atoms with Crippen molar-refractivity contribution in [2.24, 2.45) is 0 Å². The van der Waals surface area contributed by atoms with E-state index in [2.05, 4.69) is 9.97 Å². The van der Waals surface area contributed by atoms with Gasteiger partial charge in [0.15, 0.2) is 5.78 Å². The Kier molecular flexibility index (Phi) is 8.06. The Hall–Kier alpha value is -4.39. The van der Waals surface area contributed by atoms with E-state index in [4.69, 9.17) is 4.74 Å². The van der Waals surface area contributed by atoms with Crippen molar-refractivity contribution >= 4 is 11.7 Å². The number of hydrogen-bond donors (Lipinski definition) is 0. The molecule has 1 aliphatic rings. The van der Waals surface area contributed by atoms with Crippen LogP contribution >= 0.6 is 0 Å². The molecule has 7 heteroatoms. The first-order chi connectivity index (χ1) is 18.9. The van der Waals surface area contributed by atoms with Gasteiger partial charge in [0.2, 0.25) is 0 Å². The largest absolute Gasteiger partial charge is 0.490 e. The van der Waals surface area contributed by atoms with E-state index in [-0.39, 0.29) is 30.0 Å². The van der Waals surface area contributed by atoms with Crippen LogP contribution in [0.3, 0.4) is 0 Å². The van der Waals surface area contributed by atoms with Crippen LogP contribution in [0.25, 0.3) is 0 Å². The molecule has 1 fully saturated rings. The number of carbonyl (C=O) groups excluding carboxylic acids is 2. The standard InChI is InChI=1S/C32H30FN3O3/c1-22-2-11-28(12-3-22)39-29-14-16-36(17-15-29)32(38)30-13-7-25(21-35-30)31(37)19-24-6-10-27(34-20-24)18-23-4-8-26(33)9-5-23/h2-13,20-21,29H,14-19H2,1H3. The first-order valence-electron chi connectivity index (χ1n) is 13.1. The van der Waals surface area contributed by atoms with E-state index in [0.29, 0.717) is 30.8 Å². The van der Waals surface area contributed by atoms with Gasteiger partial charge in [0.25, 0.3) is 5.91 Å². The first-order valence-corrected chi connectivity index (χ1v) is 13.1. The second-order valence-corrected chi connectivity index (χ2v) is 9.92. The number of aryl methyl sites for hydroxylation is 1. The Labute approximate surface area is 227 Å². The summed E-state index contributed by atoms with van der Waals surface area (Å²) in [5.41, 5.74) is 4.57. The zero-order chi connectivity index (χ0) is 27.2. The molecular formula is C32H30FN3O3. The third kappa shape index (κ3) is 6.93. The summed E-state index contributed by atoms with van der Waals surface area (Å²) in [6, 6.07) is 21.4. The number of likely N-dealkylation sites (tertiary alicyclic amines) is 1. The number of pyridine rings is 2. The predicted molar refractivity (Wildman–Crippen MR) is 146 cm³/mol. The van der Waals surface area contributed by atoms with Gasteiger partial charge in [-0.3, -0.25) is 19.6 Å². The number of hydrogen-bond acceptors (Lipinski definition) is 5. The summed E-state index contributed by atoms with van der Waals surface area (Å²) in [6.07, 6.45) is 5.53. The quantitative estimate of drug-likeness (QED) is 0.280. The van der Waals surface area contributed by atoms with Crippen LogP contribution in [-0.4, -0.2) is 45.8 Å². The molecule has 39 heavy (non-hydrogen) atoms. The predicted octanol–water partition coefficient (Wildman–Crippen LogP) is 5.62. The number of piperidine rings is 1. The number of Topliss-reactive ketones (excluding diaryl/α,β-unsaturated/α-hetero) is 1. The van der Waals surface area contributed by atoms with Gasteiger partial charge in [0.1, 0.15) is 23.4 Å². The number of benzene rings is 2. The topological polar surface area (TPSA) is 72.4 Å². The molecule has 5 rings (SSSR count). The van der Waals surface area contributed by atoms with E-state index in [1.54, 1.807) is 35.4 Å². The Morgan fingerprint density at radius 3 is 2.23 bits per heavy atom. The lowest BCUT2D eigenvalue weighted by Crippen LogP contribution is -2.42. The fourth-order valence-electron chi connectivity index (χ4n) is 4.60. The Morgan fingerprint density at radius 2 is 1.59 bits per heavy atom. The minimum Gasteiger partial charge on any atom is -0.490 e. The molecule has 0 N–H and O–H groups in total. The summed E-state index contributed by atoms with van der Waals surface area (Å²) in [4.78, 5) is 36.3. The SMILES string of the molecule is Cc1ccc(OC2CCN(C(=O)c3ccc(C(=O)Cc4ccc(Cc5ccc(F)cc5)nc4)cn3)CC2)cc1. The smallest absolute Gasteiger partial charge is 0.272 e. The third-order valence-electron chi connectivity index (χ3n) is 6.91. The fourth-order valence-corrected chi connectivity index (χ4v) is 4.60. The van der Waals surface area contributed by atoms with Gasteiger partial charge in [0.05, 0.1) is 0 Å². The second-order valence-electron chi connectivity index (χ2n) is 9.92. The molecule has 0 radical (unpaired) electrons. The number of nitrogens with zero attached hydrogens (tertiary/aromatic N) is 3.